The van der Waals surface area contributed by atoms with Gasteiger partial charge in [-0.25, -0.2) is 4.79 Å². The van der Waals surface area contributed by atoms with Gasteiger partial charge in [0.1, 0.15) is 0 Å². The normalized spacial score (nSPS) is 10.9. The van der Waals surface area contributed by atoms with Crippen LogP contribution in [0, 0.1) is 6.92 Å². The summed E-state index contributed by atoms with van der Waals surface area (Å²) in [4.78, 5) is 14.7. The quantitative estimate of drug-likeness (QED) is 0.691. The molecule has 0 atom stereocenters. The fourth-order valence-corrected chi connectivity index (χ4v) is 1.90. The summed E-state index contributed by atoms with van der Waals surface area (Å²) < 4.78 is 5.30. The summed E-state index contributed by atoms with van der Waals surface area (Å²) in [6.45, 7) is 2.02. The van der Waals surface area contributed by atoms with Crippen molar-refractivity contribution in [2.24, 2.45) is 0 Å². The van der Waals surface area contributed by atoms with E-state index in [1.54, 1.807) is 18.3 Å². The molecule has 0 radical (unpaired) electrons. The van der Waals surface area contributed by atoms with Crippen LogP contribution < -0.4 is 5.63 Å². The third-order valence-corrected chi connectivity index (χ3v) is 2.81. The molecule has 3 rings (SSSR count). The van der Waals surface area contributed by atoms with Crippen LogP contribution >= 0.6 is 0 Å². The van der Waals surface area contributed by atoms with Gasteiger partial charge in [0.05, 0.1) is 11.3 Å². The number of rotatable bonds is 1. The number of aromatic nitrogens is 1. The Labute approximate surface area is 98.1 Å². The first-order valence-corrected chi connectivity index (χ1v) is 5.43. The smallest absolute Gasteiger partial charge is 0.345 e. The summed E-state index contributed by atoms with van der Waals surface area (Å²) in [7, 11) is 0. The lowest BCUT2D eigenvalue weighted by Crippen LogP contribution is -1.94. The average Bonchev–Trinajstić information content (AvgIpc) is 2.69. The maximum Gasteiger partial charge on any atom is 0.345 e. The molecule has 1 aromatic carbocycles. The van der Waals surface area contributed by atoms with E-state index in [-0.39, 0.29) is 5.63 Å². The molecule has 0 aliphatic carbocycles. The molecule has 0 amide bonds. The Hall–Kier alpha value is -2.29. The molecule has 17 heavy (non-hydrogen) atoms. The minimum atomic E-state index is -0.299. The number of aromatic amines is 1. The number of furan rings is 1. The maximum atomic E-state index is 11.7. The first-order valence-electron chi connectivity index (χ1n) is 5.43. The van der Waals surface area contributed by atoms with Crippen LogP contribution in [0.2, 0.25) is 0 Å². The summed E-state index contributed by atoms with van der Waals surface area (Å²) in [5.41, 5.74) is 3.12. The van der Waals surface area contributed by atoms with Crippen molar-refractivity contribution in [2.45, 2.75) is 6.92 Å². The van der Waals surface area contributed by atoms with Crippen molar-refractivity contribution in [3.63, 3.8) is 0 Å². The molecule has 0 bridgehead atoms. The number of H-pyrrole nitrogens is 1. The second kappa shape index (κ2) is 3.63. The van der Waals surface area contributed by atoms with Crippen LogP contribution in [0.15, 0.2) is 51.8 Å². The third kappa shape index (κ3) is 1.56. The highest BCUT2D eigenvalue weighted by Crippen LogP contribution is 2.30. The highest BCUT2D eigenvalue weighted by atomic mass is 16.4. The van der Waals surface area contributed by atoms with Crippen molar-refractivity contribution >= 4 is 0 Å². The highest BCUT2D eigenvalue weighted by molar-refractivity contribution is 5.77. The van der Waals surface area contributed by atoms with Gasteiger partial charge >= 0.3 is 5.63 Å². The summed E-state index contributed by atoms with van der Waals surface area (Å²) in [6.07, 6.45) is 1.79. The topological polar surface area (TPSA) is 46.0 Å². The van der Waals surface area contributed by atoms with Crippen LogP contribution in [0.4, 0.5) is 0 Å². The standard InChI is InChI=1S/C14H11NO2/c1-9-4-6-10(7-5-9)13-12-11(14(16)17-13)3-2-8-15-12/h2-8,15H,1H3. The average molecular weight is 225 g/mol. The zero-order chi connectivity index (χ0) is 11.8. The summed E-state index contributed by atoms with van der Waals surface area (Å²) in [5, 5.41) is 0. The zero-order valence-electron chi connectivity index (χ0n) is 9.36. The monoisotopic (exact) mass is 225 g/mol. The molecule has 1 aromatic rings. The number of hydrogen-bond donors (Lipinski definition) is 1. The molecule has 0 aromatic heterocycles. The largest absolute Gasteiger partial charge is 0.420 e. The third-order valence-electron chi connectivity index (χ3n) is 2.81. The predicted molar refractivity (Wildman–Crippen MR) is 66.1 cm³/mol. The summed E-state index contributed by atoms with van der Waals surface area (Å²) in [6, 6.07) is 11.4. The maximum absolute atomic E-state index is 11.7. The van der Waals surface area contributed by atoms with E-state index in [1.807, 2.05) is 31.2 Å². The van der Waals surface area contributed by atoms with Gasteiger partial charge in [0.25, 0.3) is 0 Å². The van der Waals surface area contributed by atoms with E-state index in [2.05, 4.69) is 4.98 Å². The highest BCUT2D eigenvalue weighted by Gasteiger charge is 2.18. The zero-order valence-corrected chi connectivity index (χ0v) is 9.36. The van der Waals surface area contributed by atoms with E-state index in [1.165, 1.54) is 5.56 Å². The van der Waals surface area contributed by atoms with Crippen molar-refractivity contribution in [3.05, 3.63) is 58.6 Å². The van der Waals surface area contributed by atoms with Crippen LogP contribution in [0.1, 0.15) is 5.56 Å². The lowest BCUT2D eigenvalue weighted by atomic mass is 10.1. The fourth-order valence-electron chi connectivity index (χ4n) is 1.90. The first kappa shape index (κ1) is 9.90. The van der Waals surface area contributed by atoms with Crippen LogP contribution in [0.25, 0.3) is 22.6 Å². The molecule has 2 heterocycles. The van der Waals surface area contributed by atoms with E-state index in [9.17, 15) is 4.79 Å². The van der Waals surface area contributed by atoms with Crippen molar-refractivity contribution < 1.29 is 4.42 Å². The SMILES string of the molecule is Cc1ccc(-c2oc(=O)c3ccc[nH]c2-3)cc1. The van der Waals surface area contributed by atoms with Gasteiger partial charge in [-0.2, -0.15) is 0 Å². The fraction of sp³-hybridized carbons (Fsp3) is 0.0714. The van der Waals surface area contributed by atoms with Gasteiger partial charge in [-0.3, -0.25) is 0 Å². The Bertz CT molecular complexity index is 676. The van der Waals surface area contributed by atoms with Crippen LogP contribution in [0.3, 0.4) is 0 Å². The lowest BCUT2D eigenvalue weighted by molar-refractivity contribution is 0.546. The van der Waals surface area contributed by atoms with Crippen molar-refractivity contribution in [2.75, 3.05) is 0 Å². The van der Waals surface area contributed by atoms with E-state index in [0.29, 0.717) is 11.3 Å². The Morgan fingerprint density at radius 3 is 2.65 bits per heavy atom. The van der Waals surface area contributed by atoms with Gasteiger partial charge in [-0.05, 0) is 19.1 Å². The lowest BCUT2D eigenvalue weighted by Gasteiger charge is -2.01. The van der Waals surface area contributed by atoms with E-state index < -0.39 is 0 Å². The second-order valence-electron chi connectivity index (χ2n) is 4.04. The van der Waals surface area contributed by atoms with Gasteiger partial charge in [0, 0.05) is 11.8 Å². The molecule has 0 saturated heterocycles. The molecule has 3 heteroatoms. The van der Waals surface area contributed by atoms with Crippen molar-refractivity contribution in [3.8, 4) is 22.6 Å². The number of hydrogen-bond acceptors (Lipinski definition) is 2. The van der Waals surface area contributed by atoms with Crippen molar-refractivity contribution in [1.82, 2.24) is 4.98 Å². The second-order valence-corrected chi connectivity index (χ2v) is 4.04. The molecule has 2 aliphatic rings. The minimum Gasteiger partial charge on any atom is -0.420 e. The van der Waals surface area contributed by atoms with Gasteiger partial charge in [0.15, 0.2) is 5.76 Å². The number of benzene rings is 1. The molecule has 1 N–H and O–H groups in total. The van der Waals surface area contributed by atoms with Crippen LogP contribution in [0.5, 0.6) is 0 Å². The number of pyridine rings is 1. The molecule has 0 saturated carbocycles. The van der Waals surface area contributed by atoms with Gasteiger partial charge in [0.2, 0.25) is 0 Å². The Morgan fingerprint density at radius 2 is 1.88 bits per heavy atom. The van der Waals surface area contributed by atoms with Gasteiger partial charge < -0.3 is 9.40 Å². The van der Waals surface area contributed by atoms with E-state index >= 15 is 0 Å². The molecular formula is C14H11NO2. The van der Waals surface area contributed by atoms with Gasteiger partial charge in [-0.15, -0.1) is 0 Å². The number of aryl methyl sites for hydroxylation is 1. The molecule has 84 valence electrons. The van der Waals surface area contributed by atoms with E-state index in [0.717, 1.165) is 11.3 Å². The first-order chi connectivity index (χ1) is 8.25. The summed E-state index contributed by atoms with van der Waals surface area (Å²) in [5.74, 6) is 0.602. The number of fused-ring (bicyclic) bond motifs is 1. The van der Waals surface area contributed by atoms with Crippen molar-refractivity contribution in [1.29, 1.82) is 0 Å². The van der Waals surface area contributed by atoms with Crippen LogP contribution in [-0.2, 0) is 0 Å². The Balaban J connectivity index is 2.25. The Kier molecular flexibility index (Phi) is 2.11. The minimum absolute atomic E-state index is 0.299. The Morgan fingerprint density at radius 1 is 1.12 bits per heavy atom. The molecule has 0 fully saturated rings. The van der Waals surface area contributed by atoms with Crippen LogP contribution in [-0.4, -0.2) is 4.98 Å². The van der Waals surface area contributed by atoms with Gasteiger partial charge in [-0.1, -0.05) is 29.8 Å². The molecule has 2 aliphatic heterocycles. The van der Waals surface area contributed by atoms with E-state index in [4.69, 9.17) is 4.42 Å². The molecular weight excluding hydrogens is 214 g/mol. The summed E-state index contributed by atoms with van der Waals surface area (Å²) >= 11 is 0. The molecule has 0 spiro atoms. The number of nitrogens with one attached hydrogen (secondary N) is 1. The molecule has 3 nitrogen and oxygen atoms in total. The predicted octanol–water partition coefficient (Wildman–Crippen LogP) is 3.05. The molecule has 0 unspecified atom stereocenters.